The summed E-state index contributed by atoms with van der Waals surface area (Å²) in [4.78, 5) is 0. The van der Waals surface area contributed by atoms with Crippen molar-refractivity contribution in [3.05, 3.63) is 83.4 Å². The predicted molar refractivity (Wildman–Crippen MR) is 85.2 cm³/mol. The van der Waals surface area contributed by atoms with Gasteiger partial charge in [-0.25, -0.2) is 0 Å². The topological polar surface area (TPSA) is 29.5 Å². The molecule has 106 valence electrons. The number of rotatable bonds is 4. The monoisotopic (exact) mass is 278 g/mol. The number of hydrogen-bond donors (Lipinski definition) is 1. The molecule has 0 saturated heterocycles. The largest absolute Gasteiger partial charge is 0.384 e. The highest BCUT2D eigenvalue weighted by molar-refractivity contribution is 5.86. The molecule has 1 atom stereocenters. The Balaban J connectivity index is 2.04. The van der Waals surface area contributed by atoms with E-state index in [9.17, 15) is 5.11 Å². The fraction of sp³-hybridized carbons (Fsp3) is 0.158. The minimum Gasteiger partial charge on any atom is -0.384 e. The zero-order valence-electron chi connectivity index (χ0n) is 12.0. The third-order valence-electron chi connectivity index (χ3n) is 3.70. The Morgan fingerprint density at radius 1 is 0.952 bits per heavy atom. The predicted octanol–water partition coefficient (Wildman–Crippen LogP) is 4.07. The molecule has 3 rings (SSSR count). The second kappa shape index (κ2) is 6.08. The number of aliphatic hydroxyl groups is 1. The molecule has 0 aliphatic carbocycles. The number of benzene rings is 3. The molecule has 0 aromatic heterocycles. The molecule has 0 aliphatic heterocycles. The van der Waals surface area contributed by atoms with Crippen LogP contribution in [0, 0.1) is 0 Å². The van der Waals surface area contributed by atoms with E-state index in [4.69, 9.17) is 4.74 Å². The van der Waals surface area contributed by atoms with Gasteiger partial charge in [0.2, 0.25) is 0 Å². The van der Waals surface area contributed by atoms with Gasteiger partial charge in [0.15, 0.2) is 0 Å². The number of hydrogen-bond acceptors (Lipinski definition) is 2. The van der Waals surface area contributed by atoms with Crippen LogP contribution < -0.4 is 0 Å². The van der Waals surface area contributed by atoms with Gasteiger partial charge in [-0.3, -0.25) is 0 Å². The minimum absolute atomic E-state index is 0.552. The van der Waals surface area contributed by atoms with Gasteiger partial charge in [-0.1, -0.05) is 66.7 Å². The maximum absolute atomic E-state index is 10.7. The summed E-state index contributed by atoms with van der Waals surface area (Å²) < 4.78 is 5.16. The highest BCUT2D eigenvalue weighted by Gasteiger charge is 2.13. The van der Waals surface area contributed by atoms with Crippen molar-refractivity contribution in [3.8, 4) is 0 Å². The van der Waals surface area contributed by atoms with Gasteiger partial charge in [0.25, 0.3) is 0 Å². The first kappa shape index (κ1) is 13.8. The summed E-state index contributed by atoms with van der Waals surface area (Å²) in [6, 6.07) is 22.1. The van der Waals surface area contributed by atoms with Gasteiger partial charge >= 0.3 is 0 Å². The first-order chi connectivity index (χ1) is 10.3. The molecule has 21 heavy (non-hydrogen) atoms. The van der Waals surface area contributed by atoms with Crippen molar-refractivity contribution in [2.45, 2.75) is 12.7 Å². The van der Waals surface area contributed by atoms with Crippen molar-refractivity contribution in [3.63, 3.8) is 0 Å². The average Bonchev–Trinajstić information content (AvgIpc) is 2.54. The molecule has 0 heterocycles. The fourth-order valence-corrected chi connectivity index (χ4v) is 2.69. The zero-order valence-corrected chi connectivity index (χ0v) is 12.0. The second-order valence-electron chi connectivity index (χ2n) is 5.15. The van der Waals surface area contributed by atoms with Gasteiger partial charge in [-0.2, -0.15) is 0 Å². The number of aliphatic hydroxyl groups excluding tert-OH is 1. The molecule has 0 aliphatic rings. The van der Waals surface area contributed by atoms with Crippen LogP contribution in [-0.2, 0) is 11.3 Å². The van der Waals surface area contributed by atoms with Crippen LogP contribution in [0.15, 0.2) is 66.7 Å². The molecule has 0 spiro atoms. The number of methoxy groups -OCH3 is 1. The molecule has 1 N–H and O–H groups in total. The molecule has 2 heteroatoms. The molecule has 3 aromatic rings. The van der Waals surface area contributed by atoms with E-state index in [-0.39, 0.29) is 0 Å². The number of fused-ring (bicyclic) bond motifs is 1. The van der Waals surface area contributed by atoms with Crippen LogP contribution in [-0.4, -0.2) is 12.2 Å². The van der Waals surface area contributed by atoms with E-state index in [2.05, 4.69) is 12.1 Å². The van der Waals surface area contributed by atoms with E-state index in [0.29, 0.717) is 6.61 Å². The van der Waals surface area contributed by atoms with Crippen molar-refractivity contribution in [2.75, 3.05) is 7.11 Å². The molecule has 0 fully saturated rings. The highest BCUT2D eigenvalue weighted by atomic mass is 16.5. The van der Waals surface area contributed by atoms with Crippen molar-refractivity contribution in [1.29, 1.82) is 0 Å². The van der Waals surface area contributed by atoms with E-state index in [1.54, 1.807) is 7.11 Å². The Morgan fingerprint density at radius 2 is 1.71 bits per heavy atom. The Kier molecular flexibility index (Phi) is 4.00. The quantitative estimate of drug-likeness (QED) is 0.779. The first-order valence-corrected chi connectivity index (χ1v) is 7.03. The Morgan fingerprint density at radius 3 is 2.57 bits per heavy atom. The summed E-state index contributed by atoms with van der Waals surface area (Å²) in [6.45, 7) is 0.552. The van der Waals surface area contributed by atoms with Gasteiger partial charge in [-0.15, -0.1) is 0 Å². The van der Waals surface area contributed by atoms with Crippen molar-refractivity contribution in [1.82, 2.24) is 0 Å². The zero-order chi connectivity index (χ0) is 14.7. The smallest absolute Gasteiger partial charge is 0.105 e. The molecule has 0 bridgehead atoms. The van der Waals surface area contributed by atoms with Crippen LogP contribution in [0.2, 0.25) is 0 Å². The van der Waals surface area contributed by atoms with E-state index < -0.39 is 6.10 Å². The first-order valence-electron chi connectivity index (χ1n) is 7.03. The van der Waals surface area contributed by atoms with Crippen molar-refractivity contribution < 1.29 is 9.84 Å². The maximum Gasteiger partial charge on any atom is 0.105 e. The van der Waals surface area contributed by atoms with Crippen LogP contribution in [0.25, 0.3) is 10.8 Å². The molecule has 1 unspecified atom stereocenters. The second-order valence-corrected chi connectivity index (χ2v) is 5.15. The van der Waals surface area contributed by atoms with Gasteiger partial charge in [0.1, 0.15) is 6.10 Å². The minimum atomic E-state index is -0.632. The third-order valence-corrected chi connectivity index (χ3v) is 3.70. The normalized spacial score (nSPS) is 12.5. The SMILES string of the molecule is COCc1cccc(C(O)c2cccc3ccccc23)c1. The molecule has 0 saturated carbocycles. The van der Waals surface area contributed by atoms with Gasteiger partial charge < -0.3 is 9.84 Å². The molecule has 0 radical (unpaired) electrons. The number of ether oxygens (including phenoxy) is 1. The lowest BCUT2D eigenvalue weighted by Gasteiger charge is -2.15. The van der Waals surface area contributed by atoms with Crippen LogP contribution in [0.5, 0.6) is 0 Å². The van der Waals surface area contributed by atoms with Gasteiger partial charge in [0, 0.05) is 7.11 Å². The summed E-state index contributed by atoms with van der Waals surface area (Å²) >= 11 is 0. The Hall–Kier alpha value is -2.16. The van der Waals surface area contributed by atoms with E-state index in [0.717, 1.165) is 27.5 Å². The van der Waals surface area contributed by atoms with Crippen molar-refractivity contribution in [2.24, 2.45) is 0 Å². The van der Waals surface area contributed by atoms with E-state index in [1.807, 2.05) is 54.6 Å². The standard InChI is InChI=1S/C19H18O2/c1-21-13-14-6-4-9-16(12-14)19(20)18-11-5-8-15-7-2-3-10-17(15)18/h2-12,19-20H,13H2,1H3. The lowest BCUT2D eigenvalue weighted by molar-refractivity contribution is 0.184. The van der Waals surface area contributed by atoms with Crippen LogP contribution in [0.4, 0.5) is 0 Å². The van der Waals surface area contributed by atoms with Crippen LogP contribution >= 0.6 is 0 Å². The van der Waals surface area contributed by atoms with Crippen molar-refractivity contribution >= 4 is 10.8 Å². The van der Waals surface area contributed by atoms with Crippen LogP contribution in [0.3, 0.4) is 0 Å². The molecule has 2 nitrogen and oxygen atoms in total. The van der Waals surface area contributed by atoms with E-state index in [1.165, 1.54) is 0 Å². The third kappa shape index (κ3) is 2.82. The molecule has 0 amide bonds. The molecule has 3 aromatic carbocycles. The summed E-state index contributed by atoms with van der Waals surface area (Å²) in [7, 11) is 1.67. The molecular weight excluding hydrogens is 260 g/mol. The van der Waals surface area contributed by atoms with Crippen LogP contribution in [0.1, 0.15) is 22.8 Å². The Bertz CT molecular complexity index is 744. The average molecular weight is 278 g/mol. The summed E-state index contributed by atoms with van der Waals surface area (Å²) in [5.41, 5.74) is 2.89. The molecular formula is C19H18O2. The van der Waals surface area contributed by atoms with E-state index >= 15 is 0 Å². The lowest BCUT2D eigenvalue weighted by atomic mass is 9.95. The summed E-state index contributed by atoms with van der Waals surface area (Å²) in [6.07, 6.45) is -0.632. The fourth-order valence-electron chi connectivity index (χ4n) is 2.69. The Labute approximate surface area is 124 Å². The lowest BCUT2D eigenvalue weighted by Crippen LogP contribution is -2.01. The van der Waals surface area contributed by atoms with Gasteiger partial charge in [-0.05, 0) is 27.5 Å². The highest BCUT2D eigenvalue weighted by Crippen LogP contribution is 2.29. The van der Waals surface area contributed by atoms with Gasteiger partial charge in [0.05, 0.1) is 6.61 Å². The summed E-state index contributed by atoms with van der Waals surface area (Å²) in [5.74, 6) is 0. The summed E-state index contributed by atoms with van der Waals surface area (Å²) in [5, 5.41) is 13.0. The maximum atomic E-state index is 10.7.